The smallest absolute Gasteiger partial charge is 0.306 e. The highest BCUT2D eigenvalue weighted by Crippen LogP contribution is 2.24. The van der Waals surface area contributed by atoms with Crippen LogP contribution in [-0.4, -0.2) is 23.0 Å². The number of hydrogen-bond acceptors (Lipinski definition) is 2. The Morgan fingerprint density at radius 1 is 1.24 bits per heavy atom. The highest BCUT2D eigenvalue weighted by Gasteiger charge is 2.27. The minimum Gasteiger partial charge on any atom is -0.481 e. The third-order valence-electron chi connectivity index (χ3n) is 4.32. The van der Waals surface area contributed by atoms with Crippen LogP contribution in [-0.2, 0) is 16.0 Å². The zero-order valence-corrected chi connectivity index (χ0v) is 12.7. The van der Waals surface area contributed by atoms with Gasteiger partial charge in [-0.2, -0.15) is 0 Å². The van der Waals surface area contributed by atoms with Gasteiger partial charge < -0.3 is 10.4 Å². The van der Waals surface area contributed by atoms with Crippen LogP contribution in [0.1, 0.15) is 42.4 Å². The molecule has 0 spiro atoms. The molecule has 0 aliphatic heterocycles. The van der Waals surface area contributed by atoms with Gasteiger partial charge in [-0.3, -0.25) is 9.59 Å². The molecule has 4 nitrogen and oxygen atoms in total. The Morgan fingerprint density at radius 2 is 2.00 bits per heavy atom. The van der Waals surface area contributed by atoms with E-state index in [-0.39, 0.29) is 17.9 Å². The summed E-state index contributed by atoms with van der Waals surface area (Å²) in [5.74, 6) is -1.08. The molecule has 0 bridgehead atoms. The van der Waals surface area contributed by atoms with E-state index in [0.29, 0.717) is 12.8 Å². The van der Waals surface area contributed by atoms with Crippen LogP contribution in [0.5, 0.6) is 0 Å². The standard InChI is InChI=1S/C17H23NO3/c1-11-6-7-13(8-12(11)2)9-16(19)18-15-5-3-4-14(10-15)17(20)21/h6-8,14-15H,3-5,9-10H2,1-2H3,(H,18,19)(H,20,21). The number of aliphatic carboxylic acids is 1. The van der Waals surface area contributed by atoms with Gasteiger partial charge in [0.1, 0.15) is 0 Å². The van der Waals surface area contributed by atoms with Gasteiger partial charge in [-0.1, -0.05) is 24.6 Å². The maximum Gasteiger partial charge on any atom is 0.306 e. The molecule has 1 aromatic carbocycles. The second-order valence-electron chi connectivity index (χ2n) is 6.06. The molecule has 2 rings (SSSR count). The zero-order valence-electron chi connectivity index (χ0n) is 12.7. The summed E-state index contributed by atoms with van der Waals surface area (Å²) in [6.45, 7) is 4.09. The molecule has 0 saturated heterocycles. The molecule has 1 amide bonds. The van der Waals surface area contributed by atoms with Gasteiger partial charge in [-0.15, -0.1) is 0 Å². The third-order valence-corrected chi connectivity index (χ3v) is 4.32. The van der Waals surface area contributed by atoms with Crippen LogP contribution in [0.2, 0.25) is 0 Å². The maximum atomic E-state index is 12.1. The third kappa shape index (κ3) is 4.31. The molecule has 2 N–H and O–H groups in total. The molecule has 4 heteroatoms. The van der Waals surface area contributed by atoms with Gasteiger partial charge in [-0.05, 0) is 49.8 Å². The molecule has 1 saturated carbocycles. The first kappa shape index (κ1) is 15.5. The largest absolute Gasteiger partial charge is 0.481 e. The number of carbonyl (C=O) groups excluding carboxylic acids is 1. The highest BCUT2D eigenvalue weighted by molar-refractivity contribution is 5.79. The van der Waals surface area contributed by atoms with Crippen LogP contribution in [0.15, 0.2) is 18.2 Å². The fourth-order valence-electron chi connectivity index (χ4n) is 2.92. The summed E-state index contributed by atoms with van der Waals surface area (Å²) in [5.41, 5.74) is 3.40. The predicted octanol–water partition coefficient (Wildman–Crippen LogP) is 2.61. The average Bonchev–Trinajstić information content (AvgIpc) is 2.43. The van der Waals surface area contributed by atoms with Crippen molar-refractivity contribution in [3.63, 3.8) is 0 Å². The van der Waals surface area contributed by atoms with Crippen LogP contribution in [0.3, 0.4) is 0 Å². The van der Waals surface area contributed by atoms with E-state index in [1.807, 2.05) is 32.0 Å². The van der Waals surface area contributed by atoms with Gasteiger partial charge in [0.2, 0.25) is 5.91 Å². The van der Waals surface area contributed by atoms with Crippen molar-refractivity contribution in [1.82, 2.24) is 5.32 Å². The lowest BCUT2D eigenvalue weighted by Crippen LogP contribution is -2.40. The van der Waals surface area contributed by atoms with E-state index >= 15 is 0 Å². The van der Waals surface area contributed by atoms with Crippen molar-refractivity contribution in [2.75, 3.05) is 0 Å². The minimum absolute atomic E-state index is 0.00102. The lowest BCUT2D eigenvalue weighted by atomic mass is 9.85. The monoisotopic (exact) mass is 289 g/mol. The lowest BCUT2D eigenvalue weighted by molar-refractivity contribution is -0.143. The van der Waals surface area contributed by atoms with Crippen molar-refractivity contribution >= 4 is 11.9 Å². The van der Waals surface area contributed by atoms with Gasteiger partial charge in [0.25, 0.3) is 0 Å². The summed E-state index contributed by atoms with van der Waals surface area (Å²) < 4.78 is 0. The van der Waals surface area contributed by atoms with Crippen molar-refractivity contribution in [3.8, 4) is 0 Å². The minimum atomic E-state index is -0.747. The number of hydrogen-bond donors (Lipinski definition) is 2. The fraction of sp³-hybridized carbons (Fsp3) is 0.529. The van der Waals surface area contributed by atoms with Gasteiger partial charge in [0, 0.05) is 6.04 Å². The quantitative estimate of drug-likeness (QED) is 0.895. The summed E-state index contributed by atoms with van der Waals surface area (Å²) in [4.78, 5) is 23.1. The SMILES string of the molecule is Cc1ccc(CC(=O)NC2CCCC(C(=O)O)C2)cc1C. The van der Waals surface area contributed by atoms with E-state index in [1.54, 1.807) is 0 Å². The molecular formula is C17H23NO3. The molecule has 21 heavy (non-hydrogen) atoms. The van der Waals surface area contributed by atoms with Crippen LogP contribution in [0, 0.1) is 19.8 Å². The number of carbonyl (C=O) groups is 2. The number of amides is 1. The molecule has 0 radical (unpaired) electrons. The Balaban J connectivity index is 1.89. The molecule has 1 aliphatic carbocycles. The number of benzene rings is 1. The molecule has 0 aromatic heterocycles. The Kier molecular flexibility index (Phi) is 4.99. The molecular weight excluding hydrogens is 266 g/mol. The van der Waals surface area contributed by atoms with Gasteiger partial charge in [-0.25, -0.2) is 0 Å². The second-order valence-corrected chi connectivity index (χ2v) is 6.06. The van der Waals surface area contributed by atoms with E-state index in [2.05, 4.69) is 5.32 Å². The molecule has 1 fully saturated rings. The Morgan fingerprint density at radius 3 is 2.67 bits per heavy atom. The first-order valence-corrected chi connectivity index (χ1v) is 7.54. The van der Waals surface area contributed by atoms with E-state index < -0.39 is 5.97 Å². The summed E-state index contributed by atoms with van der Waals surface area (Å²) in [5, 5.41) is 12.1. The molecule has 2 atom stereocenters. The molecule has 2 unspecified atom stereocenters. The van der Waals surface area contributed by atoms with Crippen molar-refractivity contribution in [1.29, 1.82) is 0 Å². The number of carboxylic acid groups (broad SMARTS) is 1. The summed E-state index contributed by atoms with van der Waals surface area (Å²) in [7, 11) is 0. The lowest BCUT2D eigenvalue weighted by Gasteiger charge is -2.27. The van der Waals surface area contributed by atoms with Gasteiger partial charge in [0.05, 0.1) is 12.3 Å². The number of carboxylic acids is 1. The first-order chi connectivity index (χ1) is 9.95. The van der Waals surface area contributed by atoms with Crippen LogP contribution in [0.4, 0.5) is 0 Å². The van der Waals surface area contributed by atoms with E-state index in [9.17, 15) is 9.59 Å². The highest BCUT2D eigenvalue weighted by atomic mass is 16.4. The average molecular weight is 289 g/mol. The summed E-state index contributed by atoms with van der Waals surface area (Å²) in [6, 6.07) is 6.04. The van der Waals surface area contributed by atoms with Crippen molar-refractivity contribution in [3.05, 3.63) is 34.9 Å². The normalized spacial score (nSPS) is 21.8. The van der Waals surface area contributed by atoms with Crippen LogP contribution < -0.4 is 5.32 Å². The number of aryl methyl sites for hydroxylation is 2. The molecule has 114 valence electrons. The maximum absolute atomic E-state index is 12.1. The zero-order chi connectivity index (χ0) is 15.4. The molecule has 0 heterocycles. The van der Waals surface area contributed by atoms with E-state index in [1.165, 1.54) is 11.1 Å². The van der Waals surface area contributed by atoms with E-state index in [4.69, 9.17) is 5.11 Å². The Bertz CT molecular complexity index is 539. The second kappa shape index (κ2) is 6.74. The molecule has 1 aromatic rings. The number of nitrogens with one attached hydrogen (secondary N) is 1. The predicted molar refractivity (Wildman–Crippen MR) is 81.1 cm³/mol. The Hall–Kier alpha value is -1.84. The summed E-state index contributed by atoms with van der Waals surface area (Å²) >= 11 is 0. The number of rotatable bonds is 4. The van der Waals surface area contributed by atoms with E-state index in [0.717, 1.165) is 24.8 Å². The van der Waals surface area contributed by atoms with Crippen LogP contribution in [0.25, 0.3) is 0 Å². The van der Waals surface area contributed by atoms with Crippen LogP contribution >= 0.6 is 0 Å². The fourth-order valence-corrected chi connectivity index (χ4v) is 2.92. The van der Waals surface area contributed by atoms with Gasteiger partial charge >= 0.3 is 5.97 Å². The van der Waals surface area contributed by atoms with Crippen molar-refractivity contribution < 1.29 is 14.7 Å². The van der Waals surface area contributed by atoms with Gasteiger partial charge in [0.15, 0.2) is 0 Å². The summed E-state index contributed by atoms with van der Waals surface area (Å²) in [6.07, 6.45) is 3.37. The molecule has 1 aliphatic rings. The topological polar surface area (TPSA) is 66.4 Å². The Labute approximate surface area is 125 Å². The van der Waals surface area contributed by atoms with Crippen molar-refractivity contribution in [2.24, 2.45) is 5.92 Å². The first-order valence-electron chi connectivity index (χ1n) is 7.54. The van der Waals surface area contributed by atoms with Crippen molar-refractivity contribution in [2.45, 2.75) is 52.0 Å².